The zero-order valence-electron chi connectivity index (χ0n) is 10.7. The van der Waals surface area contributed by atoms with Crippen LogP contribution in [0, 0.1) is 18.7 Å². The molecule has 1 aromatic rings. The maximum atomic E-state index is 13.4. The van der Waals surface area contributed by atoms with Crippen LogP contribution in [0.1, 0.15) is 35.7 Å². The van der Waals surface area contributed by atoms with Gasteiger partial charge in [0.1, 0.15) is 5.82 Å². The van der Waals surface area contributed by atoms with E-state index >= 15 is 0 Å². The summed E-state index contributed by atoms with van der Waals surface area (Å²) in [4.78, 5) is 14.3. The smallest absolute Gasteiger partial charge is 0.255 e. The van der Waals surface area contributed by atoms with Gasteiger partial charge in [0.25, 0.3) is 5.91 Å². The lowest BCUT2D eigenvalue weighted by Crippen LogP contribution is -2.39. The number of aryl methyl sites for hydroxylation is 1. The van der Waals surface area contributed by atoms with E-state index in [1.807, 2.05) is 4.90 Å². The van der Waals surface area contributed by atoms with Crippen molar-refractivity contribution in [2.45, 2.75) is 26.7 Å². The molecule has 0 aromatic heterocycles. The van der Waals surface area contributed by atoms with E-state index in [-0.39, 0.29) is 11.7 Å². The van der Waals surface area contributed by atoms with Crippen molar-refractivity contribution in [3.05, 3.63) is 33.5 Å². The van der Waals surface area contributed by atoms with Gasteiger partial charge in [0, 0.05) is 17.6 Å². The minimum Gasteiger partial charge on any atom is -0.338 e. The average Bonchev–Trinajstić information content (AvgIpc) is 2.33. The van der Waals surface area contributed by atoms with E-state index in [0.717, 1.165) is 19.5 Å². The fraction of sp³-hybridized carbons (Fsp3) is 0.500. The molecule has 0 spiro atoms. The monoisotopic (exact) mass is 313 g/mol. The Morgan fingerprint density at radius 2 is 2.22 bits per heavy atom. The number of amides is 1. The topological polar surface area (TPSA) is 20.3 Å². The summed E-state index contributed by atoms with van der Waals surface area (Å²) in [5.74, 6) is 0.255. The molecular weight excluding hydrogens is 297 g/mol. The lowest BCUT2D eigenvalue weighted by Gasteiger charge is -2.31. The first-order valence-electron chi connectivity index (χ1n) is 6.24. The maximum Gasteiger partial charge on any atom is 0.255 e. The van der Waals surface area contributed by atoms with Crippen molar-refractivity contribution in [2.24, 2.45) is 5.92 Å². The number of carbonyl (C=O) groups excluding carboxylic acids is 1. The molecule has 1 heterocycles. The summed E-state index contributed by atoms with van der Waals surface area (Å²) in [6.07, 6.45) is 2.22. The Hall–Kier alpha value is -0.900. The van der Waals surface area contributed by atoms with Crippen LogP contribution in [0.3, 0.4) is 0 Å². The molecule has 1 atom stereocenters. The highest BCUT2D eigenvalue weighted by Crippen LogP contribution is 2.24. The maximum absolute atomic E-state index is 13.4. The summed E-state index contributed by atoms with van der Waals surface area (Å²) < 4.78 is 13.9. The molecule has 1 unspecified atom stereocenters. The van der Waals surface area contributed by atoms with Gasteiger partial charge in [-0.1, -0.05) is 6.92 Å². The van der Waals surface area contributed by atoms with Gasteiger partial charge in [-0.15, -0.1) is 0 Å². The summed E-state index contributed by atoms with van der Waals surface area (Å²) in [7, 11) is 0. The van der Waals surface area contributed by atoms with Crippen LogP contribution in [0.4, 0.5) is 4.39 Å². The molecule has 1 aliphatic heterocycles. The Kier molecular flexibility index (Phi) is 4.05. The van der Waals surface area contributed by atoms with Crippen molar-refractivity contribution in [3.8, 4) is 0 Å². The summed E-state index contributed by atoms with van der Waals surface area (Å²) in [5, 5.41) is 0. The number of benzene rings is 1. The average molecular weight is 314 g/mol. The molecule has 1 amide bonds. The number of likely N-dealkylation sites (tertiary alicyclic amines) is 1. The van der Waals surface area contributed by atoms with Gasteiger partial charge < -0.3 is 4.90 Å². The summed E-state index contributed by atoms with van der Waals surface area (Å²) in [6, 6.07) is 3.00. The fourth-order valence-electron chi connectivity index (χ4n) is 2.37. The third-order valence-corrected chi connectivity index (χ3v) is 4.08. The zero-order valence-corrected chi connectivity index (χ0v) is 12.3. The van der Waals surface area contributed by atoms with Gasteiger partial charge in [0.15, 0.2) is 0 Å². The highest BCUT2D eigenvalue weighted by Gasteiger charge is 2.24. The van der Waals surface area contributed by atoms with E-state index in [1.165, 1.54) is 12.5 Å². The van der Waals surface area contributed by atoms with Crippen molar-refractivity contribution in [1.29, 1.82) is 0 Å². The SMILES string of the molecule is Cc1cc(C(=O)N2CCCC(C)C2)c(Br)cc1F. The molecule has 2 nitrogen and oxygen atoms in total. The number of hydrogen-bond donors (Lipinski definition) is 0. The van der Waals surface area contributed by atoms with Crippen molar-refractivity contribution in [2.75, 3.05) is 13.1 Å². The van der Waals surface area contributed by atoms with Crippen LogP contribution < -0.4 is 0 Å². The number of piperidine rings is 1. The van der Waals surface area contributed by atoms with Crippen LogP contribution >= 0.6 is 15.9 Å². The number of carbonyl (C=O) groups is 1. The molecule has 0 bridgehead atoms. The van der Waals surface area contributed by atoms with E-state index in [1.54, 1.807) is 13.0 Å². The predicted molar refractivity (Wildman–Crippen MR) is 73.1 cm³/mol. The molecule has 1 aromatic carbocycles. The fourth-order valence-corrected chi connectivity index (χ4v) is 2.85. The van der Waals surface area contributed by atoms with Gasteiger partial charge in [-0.3, -0.25) is 4.79 Å². The Morgan fingerprint density at radius 1 is 1.50 bits per heavy atom. The van der Waals surface area contributed by atoms with E-state index in [2.05, 4.69) is 22.9 Å². The van der Waals surface area contributed by atoms with Crippen LogP contribution in [0.2, 0.25) is 0 Å². The Labute approximate surface area is 115 Å². The summed E-state index contributed by atoms with van der Waals surface area (Å²) >= 11 is 3.28. The van der Waals surface area contributed by atoms with Crippen LogP contribution in [0.5, 0.6) is 0 Å². The molecule has 0 aliphatic carbocycles. The molecule has 0 saturated carbocycles. The van der Waals surface area contributed by atoms with Crippen LogP contribution in [-0.4, -0.2) is 23.9 Å². The predicted octanol–water partition coefficient (Wildman–Crippen LogP) is 3.77. The Bertz CT molecular complexity index is 475. The second-order valence-corrected chi connectivity index (χ2v) is 5.93. The minimum atomic E-state index is -0.287. The number of nitrogens with zero attached hydrogens (tertiary/aromatic N) is 1. The summed E-state index contributed by atoms with van der Waals surface area (Å²) in [5.41, 5.74) is 1.06. The number of hydrogen-bond acceptors (Lipinski definition) is 1. The van der Waals surface area contributed by atoms with E-state index < -0.39 is 0 Å². The first-order valence-corrected chi connectivity index (χ1v) is 7.03. The molecule has 0 radical (unpaired) electrons. The molecule has 18 heavy (non-hydrogen) atoms. The zero-order chi connectivity index (χ0) is 13.3. The lowest BCUT2D eigenvalue weighted by atomic mass is 9.99. The molecule has 4 heteroatoms. The highest BCUT2D eigenvalue weighted by molar-refractivity contribution is 9.10. The molecule has 0 N–H and O–H groups in total. The van der Waals surface area contributed by atoms with Crippen molar-refractivity contribution >= 4 is 21.8 Å². The summed E-state index contributed by atoms with van der Waals surface area (Å²) in [6.45, 7) is 5.43. The van der Waals surface area contributed by atoms with Crippen LogP contribution in [0.15, 0.2) is 16.6 Å². The first kappa shape index (κ1) is 13.5. The van der Waals surface area contributed by atoms with Crippen molar-refractivity contribution in [3.63, 3.8) is 0 Å². The van der Waals surface area contributed by atoms with Gasteiger partial charge in [-0.2, -0.15) is 0 Å². The van der Waals surface area contributed by atoms with Crippen LogP contribution in [0.25, 0.3) is 0 Å². The standard InChI is InChI=1S/C14H17BrFNO/c1-9-4-3-5-17(8-9)14(18)11-6-10(2)13(16)7-12(11)15/h6-7,9H,3-5,8H2,1-2H3. The lowest BCUT2D eigenvalue weighted by molar-refractivity contribution is 0.0682. The molecule has 1 saturated heterocycles. The minimum absolute atomic E-state index is 0.00322. The largest absolute Gasteiger partial charge is 0.338 e. The Balaban J connectivity index is 2.25. The quantitative estimate of drug-likeness (QED) is 0.773. The van der Waals surface area contributed by atoms with E-state index in [0.29, 0.717) is 21.5 Å². The molecule has 2 rings (SSSR count). The number of rotatable bonds is 1. The van der Waals surface area contributed by atoms with Gasteiger partial charge in [-0.25, -0.2) is 4.39 Å². The van der Waals surface area contributed by atoms with Gasteiger partial charge in [-0.05, 0) is 59.3 Å². The number of halogens is 2. The van der Waals surface area contributed by atoms with Gasteiger partial charge in [0.2, 0.25) is 0 Å². The van der Waals surface area contributed by atoms with Crippen LogP contribution in [-0.2, 0) is 0 Å². The second kappa shape index (κ2) is 5.39. The van der Waals surface area contributed by atoms with E-state index in [4.69, 9.17) is 0 Å². The van der Waals surface area contributed by atoms with E-state index in [9.17, 15) is 9.18 Å². The van der Waals surface area contributed by atoms with Gasteiger partial charge >= 0.3 is 0 Å². The van der Waals surface area contributed by atoms with Crippen molar-refractivity contribution < 1.29 is 9.18 Å². The molecule has 98 valence electrons. The normalized spacial score (nSPS) is 20.0. The second-order valence-electron chi connectivity index (χ2n) is 5.08. The Morgan fingerprint density at radius 3 is 2.89 bits per heavy atom. The molecule has 1 aliphatic rings. The molecule has 1 fully saturated rings. The third-order valence-electron chi connectivity index (χ3n) is 3.42. The molecular formula is C14H17BrFNO. The first-order chi connectivity index (χ1) is 8.49. The highest BCUT2D eigenvalue weighted by atomic mass is 79.9. The van der Waals surface area contributed by atoms with Crippen molar-refractivity contribution in [1.82, 2.24) is 4.90 Å². The third kappa shape index (κ3) is 2.74. The van der Waals surface area contributed by atoms with Gasteiger partial charge in [0.05, 0.1) is 5.56 Å².